The Morgan fingerprint density at radius 3 is 2.55 bits per heavy atom. The number of carboxylic acids is 1. The lowest BCUT2D eigenvalue weighted by atomic mass is 9.99. The van der Waals surface area contributed by atoms with E-state index in [9.17, 15) is 17.6 Å². The zero-order chi connectivity index (χ0) is 15.1. The highest BCUT2D eigenvalue weighted by atomic mass is 32.2. The molecule has 1 aromatic rings. The van der Waals surface area contributed by atoms with Gasteiger partial charge in [0.15, 0.2) is 0 Å². The van der Waals surface area contributed by atoms with Gasteiger partial charge in [0.2, 0.25) is 10.0 Å². The van der Waals surface area contributed by atoms with Crippen LogP contribution in [0.4, 0.5) is 4.39 Å². The summed E-state index contributed by atoms with van der Waals surface area (Å²) in [7, 11) is -3.99. The van der Waals surface area contributed by atoms with Crippen molar-refractivity contribution in [1.82, 2.24) is 4.31 Å². The molecule has 0 bridgehead atoms. The Balaban J connectivity index is 2.35. The number of hydrogen-bond donors (Lipinski definition) is 1. The van der Waals surface area contributed by atoms with E-state index in [1.807, 2.05) is 0 Å². The number of benzene rings is 1. The van der Waals surface area contributed by atoms with Crippen LogP contribution in [0, 0.1) is 24.6 Å². The molecule has 1 aliphatic heterocycles. The van der Waals surface area contributed by atoms with E-state index in [2.05, 4.69) is 0 Å². The number of hydrogen-bond acceptors (Lipinski definition) is 3. The molecule has 5 nitrogen and oxygen atoms in total. The molecule has 1 heterocycles. The summed E-state index contributed by atoms with van der Waals surface area (Å²) in [6, 6.07) is 3.89. The summed E-state index contributed by atoms with van der Waals surface area (Å²) >= 11 is 0. The van der Waals surface area contributed by atoms with Crippen molar-refractivity contribution in [3.63, 3.8) is 0 Å². The smallest absolute Gasteiger partial charge is 0.308 e. The lowest BCUT2D eigenvalue weighted by Gasteiger charge is -2.16. The van der Waals surface area contributed by atoms with Crippen LogP contribution in [0.3, 0.4) is 0 Å². The zero-order valence-corrected chi connectivity index (χ0v) is 12.0. The minimum absolute atomic E-state index is 0.0899. The van der Waals surface area contributed by atoms with Crippen LogP contribution in [-0.2, 0) is 14.8 Å². The van der Waals surface area contributed by atoms with Gasteiger partial charge in [0.1, 0.15) is 10.7 Å². The van der Waals surface area contributed by atoms with Gasteiger partial charge in [-0.25, -0.2) is 12.8 Å². The molecule has 1 N–H and O–H groups in total. The van der Waals surface area contributed by atoms with E-state index in [1.165, 1.54) is 12.1 Å². The summed E-state index contributed by atoms with van der Waals surface area (Å²) < 4.78 is 39.6. The van der Waals surface area contributed by atoms with Gasteiger partial charge in [-0.3, -0.25) is 4.79 Å². The average Bonchev–Trinajstić information content (AvgIpc) is 2.71. The Hall–Kier alpha value is -1.47. The van der Waals surface area contributed by atoms with E-state index in [-0.39, 0.29) is 19.0 Å². The predicted octanol–water partition coefficient (Wildman–Crippen LogP) is 1.48. The summed E-state index contributed by atoms with van der Waals surface area (Å²) in [5.74, 6) is -2.88. The standard InChI is InChI=1S/C13H16FNO4S/c1-8-3-4-12(11(14)5-8)20(18,19)15-6-9(2)10(7-15)13(16)17/h3-5,9-10H,6-7H2,1-2H3,(H,16,17)/t9-,10-/m1/s1. The fraction of sp³-hybridized carbons (Fsp3) is 0.462. The second kappa shape index (κ2) is 5.14. The minimum atomic E-state index is -3.99. The van der Waals surface area contributed by atoms with Crippen LogP contribution in [0.1, 0.15) is 12.5 Å². The molecule has 2 rings (SSSR count). The van der Waals surface area contributed by atoms with Crippen molar-refractivity contribution in [3.8, 4) is 0 Å². The SMILES string of the molecule is Cc1ccc(S(=O)(=O)N2C[C@@H](C)[C@H](C(=O)O)C2)c(F)c1. The Morgan fingerprint density at radius 1 is 1.40 bits per heavy atom. The predicted molar refractivity (Wildman–Crippen MR) is 70.2 cm³/mol. The number of aryl methyl sites for hydroxylation is 1. The van der Waals surface area contributed by atoms with Crippen LogP contribution in [0.2, 0.25) is 0 Å². The molecule has 20 heavy (non-hydrogen) atoms. The van der Waals surface area contributed by atoms with Crippen LogP contribution < -0.4 is 0 Å². The number of carbonyl (C=O) groups is 1. The van der Waals surface area contributed by atoms with Crippen LogP contribution in [0.25, 0.3) is 0 Å². The fourth-order valence-electron chi connectivity index (χ4n) is 2.39. The molecule has 1 fully saturated rings. The van der Waals surface area contributed by atoms with Crippen molar-refractivity contribution >= 4 is 16.0 Å². The minimum Gasteiger partial charge on any atom is -0.481 e. The van der Waals surface area contributed by atoms with Gasteiger partial charge in [-0.1, -0.05) is 13.0 Å². The van der Waals surface area contributed by atoms with Crippen LogP contribution >= 0.6 is 0 Å². The Morgan fingerprint density at radius 2 is 2.05 bits per heavy atom. The molecule has 0 radical (unpaired) electrons. The largest absolute Gasteiger partial charge is 0.481 e. The highest BCUT2D eigenvalue weighted by molar-refractivity contribution is 7.89. The number of nitrogens with zero attached hydrogens (tertiary/aromatic N) is 1. The van der Waals surface area contributed by atoms with Gasteiger partial charge in [0.05, 0.1) is 5.92 Å². The first kappa shape index (κ1) is 14.9. The Bertz CT molecular complexity index is 644. The molecule has 0 aliphatic carbocycles. The molecule has 0 unspecified atom stereocenters. The number of rotatable bonds is 3. The summed E-state index contributed by atoms with van der Waals surface area (Å²) in [6.07, 6.45) is 0. The number of carboxylic acid groups (broad SMARTS) is 1. The molecule has 110 valence electrons. The van der Waals surface area contributed by atoms with Gasteiger partial charge in [-0.2, -0.15) is 4.31 Å². The van der Waals surface area contributed by atoms with E-state index in [1.54, 1.807) is 13.8 Å². The van der Waals surface area contributed by atoms with Gasteiger partial charge in [0, 0.05) is 13.1 Å². The third kappa shape index (κ3) is 2.55. The van der Waals surface area contributed by atoms with Gasteiger partial charge >= 0.3 is 5.97 Å². The quantitative estimate of drug-likeness (QED) is 0.917. The van der Waals surface area contributed by atoms with E-state index in [4.69, 9.17) is 5.11 Å². The number of sulfonamides is 1. The summed E-state index contributed by atoms with van der Waals surface area (Å²) in [6.45, 7) is 3.32. The molecular formula is C13H16FNO4S. The Kier molecular flexibility index (Phi) is 3.84. The number of aliphatic carboxylic acids is 1. The van der Waals surface area contributed by atoms with Crippen molar-refractivity contribution in [2.24, 2.45) is 11.8 Å². The van der Waals surface area contributed by atoms with Crippen molar-refractivity contribution in [3.05, 3.63) is 29.6 Å². The molecule has 2 atom stereocenters. The summed E-state index contributed by atoms with van der Waals surface area (Å²) in [5.41, 5.74) is 0.625. The first-order chi connectivity index (χ1) is 9.23. The molecule has 1 aromatic carbocycles. The normalized spacial score (nSPS) is 23.9. The fourth-order valence-corrected chi connectivity index (χ4v) is 4.01. The van der Waals surface area contributed by atoms with E-state index < -0.39 is 32.6 Å². The third-order valence-electron chi connectivity index (χ3n) is 3.60. The molecule has 0 saturated carbocycles. The maximum absolute atomic E-state index is 13.8. The van der Waals surface area contributed by atoms with Crippen molar-refractivity contribution in [2.75, 3.05) is 13.1 Å². The number of halogens is 1. The van der Waals surface area contributed by atoms with E-state index in [0.717, 1.165) is 10.4 Å². The molecule has 0 spiro atoms. The van der Waals surface area contributed by atoms with Gasteiger partial charge in [0.25, 0.3) is 0 Å². The first-order valence-electron chi connectivity index (χ1n) is 6.22. The van der Waals surface area contributed by atoms with Crippen molar-refractivity contribution in [1.29, 1.82) is 0 Å². The van der Waals surface area contributed by atoms with Gasteiger partial charge in [-0.05, 0) is 30.5 Å². The van der Waals surface area contributed by atoms with Crippen molar-refractivity contribution in [2.45, 2.75) is 18.7 Å². The lowest BCUT2D eigenvalue weighted by molar-refractivity contribution is -0.142. The molecule has 7 heteroatoms. The third-order valence-corrected chi connectivity index (χ3v) is 5.47. The molecule has 1 saturated heterocycles. The first-order valence-corrected chi connectivity index (χ1v) is 7.66. The Labute approximate surface area is 117 Å². The highest BCUT2D eigenvalue weighted by Crippen LogP contribution is 2.29. The molecular weight excluding hydrogens is 285 g/mol. The molecule has 0 amide bonds. The summed E-state index contributed by atoms with van der Waals surface area (Å²) in [5, 5.41) is 9.03. The zero-order valence-electron chi connectivity index (χ0n) is 11.2. The van der Waals surface area contributed by atoms with Crippen molar-refractivity contribution < 1.29 is 22.7 Å². The highest BCUT2D eigenvalue weighted by Gasteiger charge is 2.41. The van der Waals surface area contributed by atoms with E-state index >= 15 is 0 Å². The maximum Gasteiger partial charge on any atom is 0.308 e. The topological polar surface area (TPSA) is 74.7 Å². The second-order valence-electron chi connectivity index (χ2n) is 5.18. The van der Waals surface area contributed by atoms with E-state index in [0.29, 0.717) is 5.56 Å². The van der Waals surface area contributed by atoms with Crippen LogP contribution in [-0.4, -0.2) is 36.9 Å². The van der Waals surface area contributed by atoms with Gasteiger partial charge in [-0.15, -0.1) is 0 Å². The van der Waals surface area contributed by atoms with Crippen LogP contribution in [0.15, 0.2) is 23.1 Å². The van der Waals surface area contributed by atoms with Gasteiger partial charge < -0.3 is 5.11 Å². The monoisotopic (exact) mass is 301 g/mol. The summed E-state index contributed by atoms with van der Waals surface area (Å²) in [4.78, 5) is 10.6. The molecule has 1 aliphatic rings. The lowest BCUT2D eigenvalue weighted by Crippen LogP contribution is -2.30. The average molecular weight is 301 g/mol. The van der Waals surface area contributed by atoms with Crippen LogP contribution in [0.5, 0.6) is 0 Å². The maximum atomic E-state index is 13.8. The second-order valence-corrected chi connectivity index (χ2v) is 7.08. The molecule has 0 aromatic heterocycles.